The largest absolute Gasteiger partial charge is 0.330 e. The maximum Gasteiger partial charge on any atom is -0.00205 e. The maximum atomic E-state index is 5.77. The zero-order chi connectivity index (χ0) is 8.16. The first kappa shape index (κ1) is 9.01. The van der Waals surface area contributed by atoms with Gasteiger partial charge < -0.3 is 11.5 Å². The molecule has 1 fully saturated rings. The fourth-order valence-corrected chi connectivity index (χ4v) is 2.16. The highest BCUT2D eigenvalue weighted by Crippen LogP contribution is 2.40. The van der Waals surface area contributed by atoms with E-state index in [4.69, 9.17) is 11.5 Å². The average molecular weight is 156 g/mol. The van der Waals surface area contributed by atoms with Crippen molar-refractivity contribution in [3.63, 3.8) is 0 Å². The van der Waals surface area contributed by atoms with Crippen molar-refractivity contribution in [3.05, 3.63) is 0 Å². The molecule has 0 unspecified atom stereocenters. The second kappa shape index (κ2) is 4.07. The molecule has 2 nitrogen and oxygen atoms in total. The SMILES string of the molecule is NCCCC1(CN)CCCC1. The topological polar surface area (TPSA) is 52.0 Å². The molecule has 0 bridgehead atoms. The van der Waals surface area contributed by atoms with E-state index in [-0.39, 0.29) is 0 Å². The van der Waals surface area contributed by atoms with Gasteiger partial charge in [-0.05, 0) is 44.2 Å². The molecule has 4 N–H and O–H groups in total. The van der Waals surface area contributed by atoms with Crippen molar-refractivity contribution < 1.29 is 0 Å². The highest BCUT2D eigenvalue weighted by atomic mass is 14.6. The molecule has 0 radical (unpaired) electrons. The average Bonchev–Trinajstić information content (AvgIpc) is 2.50. The predicted octanol–water partition coefficient (Wildman–Crippen LogP) is 1.24. The van der Waals surface area contributed by atoms with E-state index < -0.39 is 0 Å². The van der Waals surface area contributed by atoms with Crippen LogP contribution in [-0.4, -0.2) is 13.1 Å². The molecule has 0 aromatic heterocycles. The van der Waals surface area contributed by atoms with Crippen LogP contribution >= 0.6 is 0 Å². The van der Waals surface area contributed by atoms with E-state index in [0.29, 0.717) is 5.41 Å². The summed E-state index contributed by atoms with van der Waals surface area (Å²) < 4.78 is 0. The Balaban J connectivity index is 2.33. The van der Waals surface area contributed by atoms with Gasteiger partial charge in [0.15, 0.2) is 0 Å². The molecule has 0 atom stereocenters. The minimum absolute atomic E-state index is 0.485. The van der Waals surface area contributed by atoms with Gasteiger partial charge in [0.1, 0.15) is 0 Å². The van der Waals surface area contributed by atoms with Gasteiger partial charge in [0.05, 0.1) is 0 Å². The lowest BCUT2D eigenvalue weighted by Crippen LogP contribution is -2.27. The van der Waals surface area contributed by atoms with Crippen LogP contribution in [0.5, 0.6) is 0 Å². The Morgan fingerprint density at radius 2 is 1.73 bits per heavy atom. The molecular formula is C9H20N2. The summed E-state index contributed by atoms with van der Waals surface area (Å²) in [5.74, 6) is 0. The summed E-state index contributed by atoms with van der Waals surface area (Å²) in [4.78, 5) is 0. The summed E-state index contributed by atoms with van der Waals surface area (Å²) in [5.41, 5.74) is 11.7. The number of hydrogen-bond acceptors (Lipinski definition) is 2. The fraction of sp³-hybridized carbons (Fsp3) is 1.00. The molecule has 1 aliphatic rings. The molecule has 0 aromatic carbocycles. The molecule has 11 heavy (non-hydrogen) atoms. The lowest BCUT2D eigenvalue weighted by atomic mass is 9.82. The Morgan fingerprint density at radius 1 is 1.09 bits per heavy atom. The molecule has 0 heterocycles. The van der Waals surface area contributed by atoms with Crippen molar-refractivity contribution >= 4 is 0 Å². The molecule has 1 aliphatic carbocycles. The Bertz CT molecular complexity index is 106. The van der Waals surface area contributed by atoms with Crippen molar-refractivity contribution in [2.75, 3.05) is 13.1 Å². The first-order valence-corrected chi connectivity index (χ1v) is 4.73. The molecular weight excluding hydrogens is 136 g/mol. The summed E-state index contributed by atoms with van der Waals surface area (Å²) in [6.07, 6.45) is 7.83. The molecule has 66 valence electrons. The van der Waals surface area contributed by atoms with Crippen molar-refractivity contribution in [2.45, 2.75) is 38.5 Å². The van der Waals surface area contributed by atoms with Crippen LogP contribution in [0.15, 0.2) is 0 Å². The maximum absolute atomic E-state index is 5.77. The van der Waals surface area contributed by atoms with E-state index in [9.17, 15) is 0 Å². The molecule has 0 saturated heterocycles. The second-order valence-electron chi connectivity index (χ2n) is 3.80. The lowest BCUT2D eigenvalue weighted by molar-refractivity contribution is 0.277. The van der Waals surface area contributed by atoms with Gasteiger partial charge in [0.2, 0.25) is 0 Å². The molecule has 1 rings (SSSR count). The summed E-state index contributed by atoms with van der Waals surface area (Å²) in [6.45, 7) is 1.69. The third-order valence-corrected chi connectivity index (χ3v) is 3.01. The van der Waals surface area contributed by atoms with E-state index in [1.54, 1.807) is 0 Å². The van der Waals surface area contributed by atoms with Crippen LogP contribution in [0.3, 0.4) is 0 Å². The number of hydrogen-bond donors (Lipinski definition) is 2. The zero-order valence-corrected chi connectivity index (χ0v) is 7.31. The molecule has 0 aliphatic heterocycles. The predicted molar refractivity (Wildman–Crippen MR) is 48.2 cm³/mol. The monoisotopic (exact) mass is 156 g/mol. The van der Waals surface area contributed by atoms with E-state index in [0.717, 1.165) is 19.5 Å². The standard InChI is InChI=1S/C9H20N2/c10-7-3-6-9(8-11)4-1-2-5-9/h1-8,10-11H2. The van der Waals surface area contributed by atoms with Crippen LogP contribution in [0, 0.1) is 5.41 Å². The second-order valence-corrected chi connectivity index (χ2v) is 3.80. The number of nitrogens with two attached hydrogens (primary N) is 2. The first-order valence-electron chi connectivity index (χ1n) is 4.73. The van der Waals surface area contributed by atoms with Crippen molar-refractivity contribution in [1.82, 2.24) is 0 Å². The Kier molecular flexibility index (Phi) is 3.34. The fourth-order valence-electron chi connectivity index (χ4n) is 2.16. The highest BCUT2D eigenvalue weighted by molar-refractivity contribution is 4.85. The van der Waals surface area contributed by atoms with Gasteiger partial charge in [0.25, 0.3) is 0 Å². The Labute approximate surface area is 69.3 Å². The molecule has 0 aromatic rings. The van der Waals surface area contributed by atoms with E-state index in [2.05, 4.69) is 0 Å². The number of rotatable bonds is 4. The minimum Gasteiger partial charge on any atom is -0.330 e. The van der Waals surface area contributed by atoms with Gasteiger partial charge in [0, 0.05) is 0 Å². The van der Waals surface area contributed by atoms with Gasteiger partial charge in [-0.2, -0.15) is 0 Å². The lowest BCUT2D eigenvalue weighted by Gasteiger charge is -2.26. The Morgan fingerprint density at radius 3 is 2.18 bits per heavy atom. The third-order valence-electron chi connectivity index (χ3n) is 3.01. The van der Waals surface area contributed by atoms with Crippen LogP contribution < -0.4 is 11.5 Å². The van der Waals surface area contributed by atoms with Crippen molar-refractivity contribution in [3.8, 4) is 0 Å². The normalized spacial score (nSPS) is 22.4. The smallest absolute Gasteiger partial charge is 0.00205 e. The molecule has 0 amide bonds. The van der Waals surface area contributed by atoms with Crippen molar-refractivity contribution in [1.29, 1.82) is 0 Å². The van der Waals surface area contributed by atoms with Crippen LogP contribution in [0.2, 0.25) is 0 Å². The highest BCUT2D eigenvalue weighted by Gasteiger charge is 2.31. The van der Waals surface area contributed by atoms with Gasteiger partial charge in [-0.15, -0.1) is 0 Å². The summed E-state index contributed by atoms with van der Waals surface area (Å²) in [6, 6.07) is 0. The van der Waals surface area contributed by atoms with Crippen molar-refractivity contribution in [2.24, 2.45) is 16.9 Å². The van der Waals surface area contributed by atoms with Crippen LogP contribution in [-0.2, 0) is 0 Å². The summed E-state index contributed by atoms with van der Waals surface area (Å²) >= 11 is 0. The summed E-state index contributed by atoms with van der Waals surface area (Å²) in [5, 5.41) is 0. The van der Waals surface area contributed by atoms with Gasteiger partial charge in [-0.1, -0.05) is 12.8 Å². The molecule has 2 heteroatoms. The van der Waals surface area contributed by atoms with E-state index in [1.165, 1.54) is 32.1 Å². The van der Waals surface area contributed by atoms with Crippen LogP contribution in [0.1, 0.15) is 38.5 Å². The molecule has 0 spiro atoms. The van der Waals surface area contributed by atoms with Gasteiger partial charge in [-0.25, -0.2) is 0 Å². The van der Waals surface area contributed by atoms with Crippen LogP contribution in [0.4, 0.5) is 0 Å². The van der Waals surface area contributed by atoms with E-state index >= 15 is 0 Å². The van der Waals surface area contributed by atoms with E-state index in [1.807, 2.05) is 0 Å². The Hall–Kier alpha value is -0.0800. The summed E-state index contributed by atoms with van der Waals surface area (Å²) in [7, 11) is 0. The van der Waals surface area contributed by atoms with Crippen LogP contribution in [0.25, 0.3) is 0 Å². The molecule has 1 saturated carbocycles. The minimum atomic E-state index is 0.485. The quantitative estimate of drug-likeness (QED) is 0.643. The van der Waals surface area contributed by atoms with Gasteiger partial charge >= 0.3 is 0 Å². The third kappa shape index (κ3) is 2.17. The van der Waals surface area contributed by atoms with Gasteiger partial charge in [-0.3, -0.25) is 0 Å². The first-order chi connectivity index (χ1) is 5.33. The zero-order valence-electron chi connectivity index (χ0n) is 7.31.